The van der Waals surface area contributed by atoms with Crippen LogP contribution in [0.3, 0.4) is 0 Å². The van der Waals surface area contributed by atoms with E-state index in [1.165, 1.54) is 5.56 Å². The van der Waals surface area contributed by atoms with E-state index >= 15 is 0 Å². The lowest BCUT2D eigenvalue weighted by Gasteiger charge is -2.35. The fourth-order valence-electron chi connectivity index (χ4n) is 3.63. The fraction of sp³-hybridized carbons (Fsp3) is 0.611. The second kappa shape index (κ2) is 8.54. The molecule has 0 spiro atoms. The van der Waals surface area contributed by atoms with Crippen molar-refractivity contribution in [1.82, 2.24) is 10.2 Å². The van der Waals surface area contributed by atoms with Crippen LogP contribution in [0.2, 0.25) is 0 Å². The van der Waals surface area contributed by atoms with E-state index < -0.39 is 0 Å². The quantitative estimate of drug-likeness (QED) is 0.928. The van der Waals surface area contributed by atoms with Crippen LogP contribution in [0.4, 0.5) is 0 Å². The number of nitrogens with one attached hydrogen (secondary N) is 1. The Balaban J connectivity index is 0.00000176. The predicted molar refractivity (Wildman–Crippen MR) is 92.3 cm³/mol. The second-order valence-corrected chi connectivity index (χ2v) is 6.48. The molecule has 2 aliphatic heterocycles. The predicted octanol–water partition coefficient (Wildman–Crippen LogP) is 2.89. The van der Waals surface area contributed by atoms with Crippen molar-refractivity contribution in [3.8, 4) is 0 Å². The summed E-state index contributed by atoms with van der Waals surface area (Å²) in [6.07, 6.45) is 5.51. The minimum atomic E-state index is 0. The number of amides is 1. The van der Waals surface area contributed by atoms with Gasteiger partial charge in [0.25, 0.3) is 0 Å². The Morgan fingerprint density at radius 2 is 1.68 bits per heavy atom. The third-order valence-electron chi connectivity index (χ3n) is 4.98. The van der Waals surface area contributed by atoms with Crippen LogP contribution in [0.1, 0.15) is 31.2 Å². The van der Waals surface area contributed by atoms with Crippen molar-refractivity contribution in [1.29, 1.82) is 0 Å². The van der Waals surface area contributed by atoms with Crippen LogP contribution in [0.25, 0.3) is 0 Å². The molecule has 122 valence electrons. The van der Waals surface area contributed by atoms with E-state index in [0.29, 0.717) is 5.91 Å². The van der Waals surface area contributed by atoms with Crippen LogP contribution >= 0.6 is 12.4 Å². The van der Waals surface area contributed by atoms with Crippen LogP contribution in [-0.4, -0.2) is 37.0 Å². The zero-order chi connectivity index (χ0) is 14.5. The highest BCUT2D eigenvalue weighted by Gasteiger charge is 2.28. The van der Waals surface area contributed by atoms with Gasteiger partial charge in [0.15, 0.2) is 0 Å². The van der Waals surface area contributed by atoms with Crippen molar-refractivity contribution < 1.29 is 4.79 Å². The maximum atomic E-state index is 12.5. The molecule has 2 heterocycles. The van der Waals surface area contributed by atoms with Gasteiger partial charge in [-0.2, -0.15) is 0 Å². The van der Waals surface area contributed by atoms with Crippen molar-refractivity contribution in [3.05, 3.63) is 35.9 Å². The molecule has 4 heteroatoms. The second-order valence-electron chi connectivity index (χ2n) is 6.48. The number of likely N-dealkylation sites (tertiary alicyclic amines) is 1. The minimum Gasteiger partial charge on any atom is -0.342 e. The SMILES string of the molecule is Cl.O=C(C1CCNCC1)N1CCC(Cc2ccccc2)CC1. The van der Waals surface area contributed by atoms with Crippen molar-refractivity contribution in [2.45, 2.75) is 32.1 Å². The summed E-state index contributed by atoms with van der Waals surface area (Å²) in [4.78, 5) is 14.6. The Labute approximate surface area is 139 Å². The molecule has 1 aromatic carbocycles. The van der Waals surface area contributed by atoms with Crippen LogP contribution < -0.4 is 5.32 Å². The number of nitrogens with zero attached hydrogens (tertiary/aromatic N) is 1. The zero-order valence-electron chi connectivity index (χ0n) is 13.2. The maximum Gasteiger partial charge on any atom is 0.225 e. The molecule has 0 radical (unpaired) electrons. The van der Waals surface area contributed by atoms with Gasteiger partial charge in [-0.15, -0.1) is 12.4 Å². The Hall–Kier alpha value is -1.06. The first-order valence-corrected chi connectivity index (χ1v) is 8.36. The van der Waals surface area contributed by atoms with Gasteiger partial charge < -0.3 is 10.2 Å². The average molecular weight is 323 g/mol. The Kier molecular flexibility index (Phi) is 6.71. The highest BCUT2D eigenvalue weighted by Crippen LogP contribution is 2.24. The molecule has 22 heavy (non-hydrogen) atoms. The molecule has 0 atom stereocenters. The molecule has 1 amide bonds. The summed E-state index contributed by atoms with van der Waals surface area (Å²) in [6, 6.07) is 10.7. The van der Waals surface area contributed by atoms with Gasteiger partial charge in [-0.05, 0) is 56.7 Å². The monoisotopic (exact) mass is 322 g/mol. The number of benzene rings is 1. The van der Waals surface area contributed by atoms with Gasteiger partial charge in [-0.1, -0.05) is 30.3 Å². The number of halogens is 1. The van der Waals surface area contributed by atoms with E-state index in [2.05, 4.69) is 40.5 Å². The van der Waals surface area contributed by atoms with Gasteiger partial charge in [-0.3, -0.25) is 4.79 Å². The molecule has 0 unspecified atom stereocenters. The van der Waals surface area contributed by atoms with E-state index in [1.54, 1.807) is 0 Å². The molecule has 2 fully saturated rings. The van der Waals surface area contributed by atoms with E-state index in [-0.39, 0.29) is 18.3 Å². The van der Waals surface area contributed by atoms with E-state index in [9.17, 15) is 4.79 Å². The van der Waals surface area contributed by atoms with Crippen molar-refractivity contribution in [2.24, 2.45) is 11.8 Å². The van der Waals surface area contributed by atoms with Gasteiger partial charge in [0.1, 0.15) is 0 Å². The molecular formula is C18H27ClN2O. The van der Waals surface area contributed by atoms with Crippen molar-refractivity contribution in [2.75, 3.05) is 26.2 Å². The third kappa shape index (κ3) is 4.47. The first-order valence-electron chi connectivity index (χ1n) is 8.36. The smallest absolute Gasteiger partial charge is 0.225 e. The summed E-state index contributed by atoms with van der Waals surface area (Å²) in [5, 5.41) is 3.34. The molecule has 2 aliphatic rings. The molecule has 0 aliphatic carbocycles. The molecule has 0 aromatic heterocycles. The summed E-state index contributed by atoms with van der Waals surface area (Å²) in [5.41, 5.74) is 1.43. The first kappa shape index (κ1) is 17.3. The maximum absolute atomic E-state index is 12.5. The van der Waals surface area contributed by atoms with E-state index in [1.807, 2.05) is 0 Å². The average Bonchev–Trinajstić information content (AvgIpc) is 2.57. The molecule has 0 bridgehead atoms. The molecule has 1 aromatic rings. The lowest BCUT2D eigenvalue weighted by molar-refractivity contribution is -0.137. The molecule has 0 saturated carbocycles. The Morgan fingerprint density at radius 1 is 1.05 bits per heavy atom. The highest BCUT2D eigenvalue weighted by molar-refractivity contribution is 5.85. The molecule has 3 rings (SSSR count). The van der Waals surface area contributed by atoms with E-state index in [0.717, 1.165) is 64.2 Å². The molecule has 2 saturated heterocycles. The zero-order valence-corrected chi connectivity index (χ0v) is 14.0. The fourth-order valence-corrected chi connectivity index (χ4v) is 3.63. The summed E-state index contributed by atoms with van der Waals surface area (Å²) in [5.74, 6) is 1.43. The highest BCUT2D eigenvalue weighted by atomic mass is 35.5. The third-order valence-corrected chi connectivity index (χ3v) is 4.98. The summed E-state index contributed by atoms with van der Waals surface area (Å²) >= 11 is 0. The number of hydrogen-bond donors (Lipinski definition) is 1. The Bertz CT molecular complexity index is 451. The summed E-state index contributed by atoms with van der Waals surface area (Å²) in [6.45, 7) is 3.92. The lowest BCUT2D eigenvalue weighted by Crippen LogP contribution is -2.44. The summed E-state index contributed by atoms with van der Waals surface area (Å²) in [7, 11) is 0. The van der Waals surface area contributed by atoms with Crippen LogP contribution in [-0.2, 0) is 11.2 Å². The number of carbonyl (C=O) groups is 1. The molecule has 3 nitrogen and oxygen atoms in total. The van der Waals surface area contributed by atoms with Gasteiger partial charge >= 0.3 is 0 Å². The van der Waals surface area contributed by atoms with Crippen LogP contribution in [0, 0.1) is 11.8 Å². The van der Waals surface area contributed by atoms with Crippen LogP contribution in [0.5, 0.6) is 0 Å². The molecular weight excluding hydrogens is 296 g/mol. The number of hydrogen-bond acceptors (Lipinski definition) is 2. The molecule has 1 N–H and O–H groups in total. The normalized spacial score (nSPS) is 20.5. The standard InChI is InChI=1S/C18H26N2O.ClH/c21-18(17-6-10-19-11-7-17)20-12-8-16(9-13-20)14-15-4-2-1-3-5-15;/h1-5,16-17,19H,6-14H2;1H. The van der Waals surface area contributed by atoms with Gasteiger partial charge in [-0.25, -0.2) is 0 Å². The van der Waals surface area contributed by atoms with Gasteiger partial charge in [0.2, 0.25) is 5.91 Å². The topological polar surface area (TPSA) is 32.3 Å². The largest absolute Gasteiger partial charge is 0.342 e. The van der Waals surface area contributed by atoms with Crippen molar-refractivity contribution >= 4 is 18.3 Å². The first-order chi connectivity index (χ1) is 10.3. The minimum absolute atomic E-state index is 0. The summed E-state index contributed by atoms with van der Waals surface area (Å²) < 4.78 is 0. The van der Waals surface area contributed by atoms with Gasteiger partial charge in [0.05, 0.1) is 0 Å². The van der Waals surface area contributed by atoms with Gasteiger partial charge in [0, 0.05) is 19.0 Å². The number of rotatable bonds is 3. The number of piperidine rings is 2. The lowest BCUT2D eigenvalue weighted by atomic mass is 9.89. The van der Waals surface area contributed by atoms with Crippen LogP contribution in [0.15, 0.2) is 30.3 Å². The number of carbonyl (C=O) groups excluding carboxylic acids is 1. The Morgan fingerprint density at radius 3 is 2.32 bits per heavy atom. The van der Waals surface area contributed by atoms with Crippen molar-refractivity contribution in [3.63, 3.8) is 0 Å². The van der Waals surface area contributed by atoms with E-state index in [4.69, 9.17) is 0 Å².